The molecule has 90 valence electrons. The molecule has 0 saturated carbocycles. The highest BCUT2D eigenvalue weighted by atomic mass is 16.5. The topological polar surface area (TPSA) is 48.1 Å². The van der Waals surface area contributed by atoms with Crippen LogP contribution in [0.3, 0.4) is 0 Å². The van der Waals surface area contributed by atoms with Gasteiger partial charge in [-0.25, -0.2) is 0 Å². The normalized spacial score (nSPS) is 12.6. The van der Waals surface area contributed by atoms with Gasteiger partial charge in [0, 0.05) is 11.6 Å². The Bertz CT molecular complexity index is 511. The van der Waals surface area contributed by atoms with Crippen molar-refractivity contribution in [3.8, 4) is 5.75 Å². The predicted octanol–water partition coefficient (Wildman–Crippen LogP) is 3.38. The Hall–Kier alpha value is -1.77. The number of para-hydroxylation sites is 1. The highest BCUT2D eigenvalue weighted by Gasteiger charge is 2.08. The van der Waals surface area contributed by atoms with Crippen LogP contribution >= 0.6 is 0 Å². The van der Waals surface area contributed by atoms with Crippen LogP contribution in [0, 0.1) is 0 Å². The number of ether oxygens (including phenoxy) is 1. The molecule has 0 radical (unpaired) electrons. The number of hydrogen-bond acceptors (Lipinski definition) is 3. The molecule has 1 unspecified atom stereocenters. The van der Waals surface area contributed by atoms with E-state index in [4.69, 9.17) is 10.5 Å². The van der Waals surface area contributed by atoms with Gasteiger partial charge in [0.25, 0.3) is 0 Å². The lowest BCUT2D eigenvalue weighted by Gasteiger charge is -2.15. The number of aromatic nitrogens is 1. The minimum Gasteiger partial charge on any atom is -0.490 e. The van der Waals surface area contributed by atoms with E-state index in [1.165, 1.54) is 0 Å². The largest absolute Gasteiger partial charge is 0.490 e. The minimum absolute atomic E-state index is 0.215. The molecule has 2 N–H and O–H groups in total. The molecule has 3 heteroatoms. The molecule has 0 amide bonds. The molecule has 17 heavy (non-hydrogen) atoms. The number of fused-ring (bicyclic) bond motifs is 1. The van der Waals surface area contributed by atoms with Crippen LogP contribution in [0.15, 0.2) is 30.5 Å². The van der Waals surface area contributed by atoms with Crippen LogP contribution in [0.2, 0.25) is 0 Å². The molecule has 0 aliphatic carbocycles. The van der Waals surface area contributed by atoms with Gasteiger partial charge in [-0.3, -0.25) is 4.98 Å². The number of nitrogens with zero attached hydrogens (tertiary/aromatic N) is 1. The van der Waals surface area contributed by atoms with E-state index in [1.54, 1.807) is 6.20 Å². The standard InChI is InChI=1S/C14H18N2O/c1-3-5-10(2)17-13-8-9-16-14-11(13)6-4-7-12(14)15/h4,6-10H,3,5,15H2,1-2H3. The van der Waals surface area contributed by atoms with E-state index in [0.717, 1.165) is 29.5 Å². The predicted molar refractivity (Wildman–Crippen MR) is 71.2 cm³/mol. The van der Waals surface area contributed by atoms with Crippen LogP contribution in [0.1, 0.15) is 26.7 Å². The lowest BCUT2D eigenvalue weighted by molar-refractivity contribution is 0.212. The zero-order valence-electron chi connectivity index (χ0n) is 10.3. The summed E-state index contributed by atoms with van der Waals surface area (Å²) in [5.41, 5.74) is 7.40. The van der Waals surface area contributed by atoms with E-state index in [0.29, 0.717) is 5.69 Å². The smallest absolute Gasteiger partial charge is 0.130 e. The third-order valence-electron chi connectivity index (χ3n) is 2.79. The van der Waals surface area contributed by atoms with E-state index in [9.17, 15) is 0 Å². The maximum absolute atomic E-state index is 5.93. The van der Waals surface area contributed by atoms with Crippen LogP contribution in [0.4, 0.5) is 5.69 Å². The molecule has 1 heterocycles. The van der Waals surface area contributed by atoms with Crippen molar-refractivity contribution in [2.45, 2.75) is 32.8 Å². The van der Waals surface area contributed by atoms with E-state index >= 15 is 0 Å². The molecular formula is C14H18N2O. The first-order valence-corrected chi connectivity index (χ1v) is 6.02. The third kappa shape index (κ3) is 2.49. The van der Waals surface area contributed by atoms with Crippen molar-refractivity contribution in [1.29, 1.82) is 0 Å². The van der Waals surface area contributed by atoms with Gasteiger partial charge in [0.05, 0.1) is 17.3 Å². The van der Waals surface area contributed by atoms with Crippen LogP contribution in [0.25, 0.3) is 10.9 Å². The van der Waals surface area contributed by atoms with Gasteiger partial charge in [-0.15, -0.1) is 0 Å². The summed E-state index contributed by atoms with van der Waals surface area (Å²) in [6.07, 6.45) is 4.12. The molecule has 0 saturated heterocycles. The maximum Gasteiger partial charge on any atom is 0.130 e. The Morgan fingerprint density at radius 2 is 2.18 bits per heavy atom. The molecule has 0 fully saturated rings. The van der Waals surface area contributed by atoms with Gasteiger partial charge in [-0.05, 0) is 31.5 Å². The monoisotopic (exact) mass is 230 g/mol. The van der Waals surface area contributed by atoms with Crippen molar-refractivity contribution in [3.05, 3.63) is 30.5 Å². The van der Waals surface area contributed by atoms with E-state index in [-0.39, 0.29) is 6.10 Å². The van der Waals surface area contributed by atoms with Crippen molar-refractivity contribution >= 4 is 16.6 Å². The molecule has 3 nitrogen and oxygen atoms in total. The Kier molecular flexibility index (Phi) is 3.47. The van der Waals surface area contributed by atoms with Gasteiger partial charge in [0.1, 0.15) is 5.75 Å². The summed E-state index contributed by atoms with van der Waals surface area (Å²) in [4.78, 5) is 4.29. The summed E-state index contributed by atoms with van der Waals surface area (Å²) in [5.74, 6) is 0.864. The molecule has 0 aliphatic heterocycles. The Balaban J connectivity index is 2.37. The van der Waals surface area contributed by atoms with Gasteiger partial charge >= 0.3 is 0 Å². The highest BCUT2D eigenvalue weighted by molar-refractivity contribution is 5.93. The zero-order valence-corrected chi connectivity index (χ0v) is 10.3. The van der Waals surface area contributed by atoms with Crippen molar-refractivity contribution in [2.24, 2.45) is 0 Å². The lowest BCUT2D eigenvalue weighted by Crippen LogP contribution is -2.11. The SMILES string of the molecule is CCCC(C)Oc1ccnc2c(N)cccc12. The zero-order chi connectivity index (χ0) is 12.3. The second-order valence-electron chi connectivity index (χ2n) is 4.27. The van der Waals surface area contributed by atoms with Crippen LogP contribution in [-0.2, 0) is 0 Å². The number of pyridine rings is 1. The van der Waals surface area contributed by atoms with Crippen LogP contribution in [0.5, 0.6) is 5.75 Å². The second kappa shape index (κ2) is 5.04. The fraction of sp³-hybridized carbons (Fsp3) is 0.357. The summed E-state index contributed by atoms with van der Waals surface area (Å²) < 4.78 is 5.93. The molecular weight excluding hydrogens is 212 g/mol. The van der Waals surface area contributed by atoms with E-state index in [1.807, 2.05) is 24.3 Å². The fourth-order valence-corrected chi connectivity index (χ4v) is 1.96. The van der Waals surface area contributed by atoms with E-state index in [2.05, 4.69) is 18.8 Å². The quantitative estimate of drug-likeness (QED) is 0.819. The molecule has 0 aliphatic rings. The number of nitrogens with two attached hydrogens (primary N) is 1. The fourth-order valence-electron chi connectivity index (χ4n) is 1.96. The van der Waals surface area contributed by atoms with Gasteiger partial charge in [-0.2, -0.15) is 0 Å². The Morgan fingerprint density at radius 1 is 1.35 bits per heavy atom. The molecule has 0 bridgehead atoms. The molecule has 2 rings (SSSR count). The van der Waals surface area contributed by atoms with Gasteiger partial charge < -0.3 is 10.5 Å². The number of benzene rings is 1. The first kappa shape index (κ1) is 11.7. The van der Waals surface area contributed by atoms with Gasteiger partial charge in [0.15, 0.2) is 0 Å². The lowest BCUT2D eigenvalue weighted by atomic mass is 10.1. The van der Waals surface area contributed by atoms with Crippen LogP contribution < -0.4 is 10.5 Å². The van der Waals surface area contributed by atoms with Crippen molar-refractivity contribution in [1.82, 2.24) is 4.98 Å². The van der Waals surface area contributed by atoms with Gasteiger partial charge in [-0.1, -0.05) is 19.4 Å². The average Bonchev–Trinajstić information content (AvgIpc) is 2.31. The summed E-state index contributed by atoms with van der Waals surface area (Å²) in [6, 6.07) is 7.67. The first-order valence-electron chi connectivity index (χ1n) is 6.02. The molecule has 1 atom stereocenters. The third-order valence-corrected chi connectivity index (χ3v) is 2.79. The van der Waals surface area contributed by atoms with E-state index < -0.39 is 0 Å². The highest BCUT2D eigenvalue weighted by Crippen LogP contribution is 2.28. The summed E-state index contributed by atoms with van der Waals surface area (Å²) in [5, 5.41) is 0.982. The van der Waals surface area contributed by atoms with Crippen molar-refractivity contribution in [2.75, 3.05) is 5.73 Å². The second-order valence-corrected chi connectivity index (χ2v) is 4.27. The summed E-state index contributed by atoms with van der Waals surface area (Å²) >= 11 is 0. The number of anilines is 1. The van der Waals surface area contributed by atoms with Gasteiger partial charge in [0.2, 0.25) is 0 Å². The maximum atomic E-state index is 5.93. The molecule has 1 aromatic carbocycles. The Morgan fingerprint density at radius 3 is 2.94 bits per heavy atom. The van der Waals surface area contributed by atoms with Crippen LogP contribution in [-0.4, -0.2) is 11.1 Å². The number of nitrogen functional groups attached to an aromatic ring is 1. The molecule has 1 aromatic heterocycles. The average molecular weight is 230 g/mol. The molecule has 2 aromatic rings. The number of hydrogen-bond donors (Lipinski definition) is 1. The van der Waals surface area contributed by atoms with Crippen molar-refractivity contribution in [3.63, 3.8) is 0 Å². The van der Waals surface area contributed by atoms with Crippen molar-refractivity contribution < 1.29 is 4.74 Å². The minimum atomic E-state index is 0.215. The summed E-state index contributed by atoms with van der Waals surface area (Å²) in [7, 11) is 0. The Labute approximate surface area is 102 Å². The summed E-state index contributed by atoms with van der Waals surface area (Å²) in [6.45, 7) is 4.24. The first-order chi connectivity index (χ1) is 8.22. The molecule has 0 spiro atoms. The number of rotatable bonds is 4.